The van der Waals surface area contributed by atoms with E-state index in [4.69, 9.17) is 18.9 Å². The fraction of sp³-hybridized carbons (Fsp3) is 0.0667. The molecule has 0 saturated carbocycles. The number of hydrogen-bond acceptors (Lipinski definition) is 4. The fourth-order valence-electron chi connectivity index (χ4n) is 7.43. The molecule has 4 nitrogen and oxygen atoms in total. The van der Waals surface area contributed by atoms with Gasteiger partial charge in [-0.1, -0.05) is 120 Å². The van der Waals surface area contributed by atoms with Crippen LogP contribution in [0, 0.1) is 71.0 Å². The predicted octanol–water partition coefficient (Wildman–Crippen LogP) is 10.7. The highest BCUT2D eigenvalue weighted by Crippen LogP contribution is 2.42. The summed E-state index contributed by atoms with van der Waals surface area (Å²) in [7, 11) is 6.50. The van der Waals surface area contributed by atoms with Gasteiger partial charge in [0.05, 0.1) is 50.7 Å². The molecule has 8 aromatic carbocycles. The molecule has 300 valence electrons. The predicted molar refractivity (Wildman–Crippen MR) is 256 cm³/mol. The van der Waals surface area contributed by atoms with Crippen molar-refractivity contribution in [1.29, 1.82) is 0 Å². The molecule has 0 unspecified atom stereocenters. The molecule has 0 atom stereocenters. The second-order valence-corrected chi connectivity index (χ2v) is 14.5. The minimum Gasteiger partial charge on any atom is -0.492 e. The highest BCUT2D eigenvalue weighted by Gasteiger charge is 2.21. The lowest BCUT2D eigenvalue weighted by molar-refractivity contribution is 0.354. The first-order valence-corrected chi connectivity index (χ1v) is 20.4. The summed E-state index contributed by atoms with van der Waals surface area (Å²) in [4.78, 5) is 0. The quantitative estimate of drug-likeness (QED) is 0.166. The van der Waals surface area contributed by atoms with Crippen molar-refractivity contribution in [2.45, 2.75) is 0 Å². The van der Waals surface area contributed by atoms with Crippen LogP contribution in [0.2, 0.25) is 0 Å². The summed E-state index contributed by atoms with van der Waals surface area (Å²) in [5, 5.41) is 3.66. The summed E-state index contributed by atoms with van der Waals surface area (Å²) in [6, 6.07) is 47.6. The molecule has 12 bridgehead atoms. The molecule has 0 radical (unpaired) electrons. The van der Waals surface area contributed by atoms with Gasteiger partial charge in [0.15, 0.2) is 23.0 Å². The van der Waals surface area contributed by atoms with E-state index < -0.39 is 0 Å². The molecule has 0 aliphatic heterocycles. The van der Waals surface area contributed by atoms with Crippen LogP contribution >= 0.6 is 0 Å². The Morgan fingerprint density at radius 2 is 0.375 bits per heavy atom. The Bertz CT molecular complexity index is 3050. The lowest BCUT2D eigenvalue weighted by Crippen LogP contribution is -1.99. The molecule has 0 N–H and O–H groups in total. The Morgan fingerprint density at radius 1 is 0.219 bits per heavy atom. The van der Waals surface area contributed by atoms with Gasteiger partial charge in [-0.2, -0.15) is 0 Å². The van der Waals surface area contributed by atoms with Crippen molar-refractivity contribution in [1.82, 2.24) is 0 Å². The Balaban J connectivity index is 1.15. The van der Waals surface area contributed by atoms with Gasteiger partial charge in [-0.25, -0.2) is 0 Å². The molecular weight excluding hydrogens is 785 g/mol. The van der Waals surface area contributed by atoms with Crippen LogP contribution in [0.25, 0.3) is 21.5 Å². The molecule has 8 aromatic rings. The fourth-order valence-corrected chi connectivity index (χ4v) is 7.43. The molecule has 14 aliphatic carbocycles. The summed E-state index contributed by atoms with van der Waals surface area (Å²) in [6.45, 7) is 0. The largest absolute Gasteiger partial charge is 0.492 e. The molecule has 14 aliphatic rings. The zero-order valence-electron chi connectivity index (χ0n) is 35.5. The van der Waals surface area contributed by atoms with Crippen LogP contribution in [0.3, 0.4) is 0 Å². The smallest absolute Gasteiger partial charge is 0.178 e. The number of rotatable bonds is 4. The van der Waals surface area contributed by atoms with Gasteiger partial charge < -0.3 is 18.9 Å². The van der Waals surface area contributed by atoms with Gasteiger partial charge in [0, 0.05) is 66.1 Å². The zero-order chi connectivity index (χ0) is 43.8. The molecule has 0 saturated heterocycles. The van der Waals surface area contributed by atoms with Crippen LogP contribution < -0.4 is 18.9 Å². The normalized spacial score (nSPS) is 10.8. The minimum absolute atomic E-state index is 0.526. The van der Waals surface area contributed by atoms with Gasteiger partial charge >= 0.3 is 0 Å². The molecule has 0 spiro atoms. The number of fused-ring (bicyclic) bond motifs is 1. The number of ether oxygens (including phenoxy) is 4. The first-order valence-electron chi connectivity index (χ1n) is 20.4. The molecular formula is C60H36O4. The zero-order valence-corrected chi connectivity index (χ0v) is 35.5. The van der Waals surface area contributed by atoms with E-state index in [-0.39, 0.29) is 0 Å². The van der Waals surface area contributed by atoms with Crippen molar-refractivity contribution in [3.8, 4) is 94.0 Å². The first kappa shape index (κ1) is 40.3. The van der Waals surface area contributed by atoms with Crippen LogP contribution in [0.5, 0.6) is 23.0 Å². The summed E-state index contributed by atoms with van der Waals surface area (Å²) in [5.74, 6) is 42.1. The summed E-state index contributed by atoms with van der Waals surface area (Å²) < 4.78 is 23.9. The van der Waals surface area contributed by atoms with Crippen molar-refractivity contribution in [2.75, 3.05) is 28.4 Å². The molecule has 0 fully saturated rings. The SMILES string of the molecule is COc1c(OC)c2c3ccccc3c1C#Cc1ccc(cc1)C#Cc1ccc(cc1)C#Cc1c(OC)c(OC)c(c3ccccc13)C#Cc1ccc(cc1)C#Cc1ccc(cc1)C#C2. The van der Waals surface area contributed by atoms with Gasteiger partial charge in [-0.3, -0.25) is 0 Å². The summed E-state index contributed by atoms with van der Waals surface area (Å²) in [6.07, 6.45) is 0. The van der Waals surface area contributed by atoms with Crippen LogP contribution in [-0.4, -0.2) is 28.4 Å². The van der Waals surface area contributed by atoms with E-state index in [9.17, 15) is 0 Å². The molecule has 0 heterocycles. The monoisotopic (exact) mass is 820 g/mol. The number of methoxy groups -OCH3 is 4. The molecule has 4 heteroatoms. The van der Waals surface area contributed by atoms with Gasteiger partial charge in [0.1, 0.15) is 0 Å². The number of hydrogen-bond donors (Lipinski definition) is 0. The van der Waals surface area contributed by atoms with Crippen molar-refractivity contribution in [3.05, 3.63) is 212 Å². The highest BCUT2D eigenvalue weighted by atomic mass is 16.5. The van der Waals surface area contributed by atoms with E-state index in [0.717, 1.165) is 88.3 Å². The molecule has 64 heavy (non-hydrogen) atoms. The second kappa shape index (κ2) is 18.2. The Labute approximate surface area is 373 Å². The van der Waals surface area contributed by atoms with Crippen molar-refractivity contribution < 1.29 is 18.9 Å². The maximum Gasteiger partial charge on any atom is 0.178 e. The van der Waals surface area contributed by atoms with Gasteiger partial charge in [-0.05, 0) is 97.1 Å². The third kappa shape index (κ3) is 8.29. The van der Waals surface area contributed by atoms with Crippen molar-refractivity contribution in [3.63, 3.8) is 0 Å². The van der Waals surface area contributed by atoms with E-state index in [1.807, 2.05) is 146 Å². The van der Waals surface area contributed by atoms with E-state index in [1.165, 1.54) is 0 Å². The van der Waals surface area contributed by atoms with E-state index in [1.54, 1.807) is 28.4 Å². The highest BCUT2D eigenvalue weighted by molar-refractivity contribution is 5.99. The van der Waals surface area contributed by atoms with Crippen molar-refractivity contribution >= 4 is 21.5 Å². The minimum atomic E-state index is 0.526. The van der Waals surface area contributed by atoms with E-state index in [2.05, 4.69) is 71.0 Å². The van der Waals surface area contributed by atoms with Gasteiger partial charge in [-0.15, -0.1) is 0 Å². The third-order valence-electron chi connectivity index (χ3n) is 10.6. The van der Waals surface area contributed by atoms with E-state index >= 15 is 0 Å². The third-order valence-corrected chi connectivity index (χ3v) is 10.6. The van der Waals surface area contributed by atoms with E-state index in [0.29, 0.717) is 23.0 Å². The van der Waals surface area contributed by atoms with Crippen LogP contribution in [0.1, 0.15) is 66.8 Å². The average Bonchev–Trinajstić information content (AvgIpc) is 3.35. The second-order valence-electron chi connectivity index (χ2n) is 14.5. The summed E-state index contributed by atoms with van der Waals surface area (Å²) >= 11 is 0. The Kier molecular flexibility index (Phi) is 11.5. The van der Waals surface area contributed by atoms with Gasteiger partial charge in [0.25, 0.3) is 0 Å². The maximum atomic E-state index is 5.97. The average molecular weight is 821 g/mol. The van der Waals surface area contributed by atoms with Gasteiger partial charge in [0.2, 0.25) is 0 Å². The lowest BCUT2D eigenvalue weighted by atomic mass is 9.96. The Morgan fingerprint density at radius 3 is 0.531 bits per heavy atom. The molecule has 0 amide bonds. The number of benzene rings is 8. The summed E-state index contributed by atoms with van der Waals surface area (Å²) in [5.41, 5.74) is 9.68. The standard InChI is InChI=1S/C60H36O4/c1-61-57-53-37-33-45-25-17-41(18-26-45)13-14-43-21-29-47(30-22-43)35-39-55-51-11-7-8-12-52(51)56(60(64-4)59(55)63-3)40-36-48-31-23-44(24-32-48)16-15-42-19-27-46(28-20-42)34-38-54(58(57)62-2)50-10-6-5-9-49(50)53/h5-12,17-32H,1-4H3. The van der Waals surface area contributed by atoms with Crippen LogP contribution in [-0.2, 0) is 0 Å². The topological polar surface area (TPSA) is 36.9 Å². The van der Waals surface area contributed by atoms with Crippen LogP contribution in [0.4, 0.5) is 0 Å². The van der Waals surface area contributed by atoms with Crippen LogP contribution in [0.15, 0.2) is 146 Å². The molecule has 22 rings (SSSR count). The maximum absolute atomic E-state index is 5.97. The Hall–Kier alpha value is -9.16. The molecule has 0 aromatic heterocycles. The first-order chi connectivity index (χ1) is 31.5. The lowest BCUT2D eigenvalue weighted by Gasteiger charge is -2.15. The van der Waals surface area contributed by atoms with Crippen molar-refractivity contribution in [2.24, 2.45) is 0 Å².